The summed E-state index contributed by atoms with van der Waals surface area (Å²) in [6, 6.07) is 8.71. The number of para-hydroxylation sites is 2. The van der Waals surface area contributed by atoms with Crippen molar-refractivity contribution in [3.05, 3.63) is 47.0 Å². The van der Waals surface area contributed by atoms with Crippen LogP contribution in [0.4, 0.5) is 5.82 Å². The number of carbonyl (C=O) groups excluding carboxylic acids is 1. The number of aromatic nitrogens is 4. The highest BCUT2D eigenvalue weighted by Crippen LogP contribution is 2.16. The number of aryl methyl sites for hydroxylation is 1. The molecule has 2 N–H and O–H groups in total. The van der Waals surface area contributed by atoms with Crippen molar-refractivity contribution in [2.24, 2.45) is 7.05 Å². The van der Waals surface area contributed by atoms with Gasteiger partial charge in [0.2, 0.25) is 5.91 Å². The minimum Gasteiger partial charge on any atom is -0.479 e. The number of imidazole rings is 1. The molecule has 3 rings (SSSR count). The maximum absolute atomic E-state index is 12.3. The van der Waals surface area contributed by atoms with Gasteiger partial charge in [-0.1, -0.05) is 12.1 Å². The fourth-order valence-corrected chi connectivity index (χ4v) is 2.64. The van der Waals surface area contributed by atoms with Crippen molar-refractivity contribution < 1.29 is 14.7 Å². The first-order valence-corrected chi connectivity index (χ1v) is 7.95. The molecule has 0 aliphatic rings. The highest BCUT2D eigenvalue weighted by Gasteiger charge is 2.30. The van der Waals surface area contributed by atoms with Crippen LogP contribution in [0.2, 0.25) is 0 Å². The van der Waals surface area contributed by atoms with Crippen LogP contribution >= 0.6 is 0 Å². The van der Waals surface area contributed by atoms with Crippen LogP contribution < -0.4 is 11.0 Å². The van der Waals surface area contributed by atoms with E-state index in [1.165, 1.54) is 39.9 Å². The third kappa shape index (κ3) is 2.87. The highest BCUT2D eigenvalue weighted by molar-refractivity contribution is 5.90. The summed E-state index contributed by atoms with van der Waals surface area (Å²) in [6.45, 7) is 2.84. The van der Waals surface area contributed by atoms with Crippen molar-refractivity contribution in [2.75, 3.05) is 5.32 Å². The van der Waals surface area contributed by atoms with Gasteiger partial charge in [0.1, 0.15) is 6.54 Å². The maximum Gasteiger partial charge on any atom is 0.331 e. The predicted octanol–water partition coefficient (Wildman–Crippen LogP) is 0.995. The molecule has 0 unspecified atom stereocenters. The molecule has 26 heavy (non-hydrogen) atoms. The summed E-state index contributed by atoms with van der Waals surface area (Å²) in [5.41, 5.74) is -0.139. The minimum atomic E-state index is -1.24. The van der Waals surface area contributed by atoms with Gasteiger partial charge in [-0.3, -0.25) is 18.6 Å². The number of fused-ring (bicyclic) bond motifs is 1. The minimum absolute atomic E-state index is 0.171. The number of nitrogens with zero attached hydrogens (tertiary/aromatic N) is 4. The second-order valence-corrected chi connectivity index (χ2v) is 6.47. The van der Waals surface area contributed by atoms with Gasteiger partial charge in [0, 0.05) is 19.3 Å². The Labute approximate surface area is 148 Å². The molecule has 9 nitrogen and oxygen atoms in total. The number of rotatable bonds is 5. The standard InChI is InChI=1S/C17H19N5O4/c1-17(2,15(24)25)22-9-8-13(19-22)18-14(23)10-21-12-7-5-4-6-11(12)20(3)16(21)26/h4-9H,10H2,1-3H3,(H,24,25)(H,18,19,23). The van der Waals surface area contributed by atoms with Crippen molar-refractivity contribution in [1.29, 1.82) is 0 Å². The monoisotopic (exact) mass is 357 g/mol. The number of carbonyl (C=O) groups is 2. The summed E-state index contributed by atoms with van der Waals surface area (Å²) in [7, 11) is 1.65. The van der Waals surface area contributed by atoms with E-state index in [1.54, 1.807) is 25.2 Å². The van der Waals surface area contributed by atoms with E-state index in [4.69, 9.17) is 0 Å². The fourth-order valence-electron chi connectivity index (χ4n) is 2.64. The van der Waals surface area contributed by atoms with E-state index in [-0.39, 0.29) is 18.1 Å². The first kappa shape index (κ1) is 17.5. The molecule has 9 heteroatoms. The Bertz CT molecular complexity index is 1060. The zero-order valence-electron chi connectivity index (χ0n) is 14.6. The number of benzene rings is 1. The van der Waals surface area contributed by atoms with Crippen molar-refractivity contribution in [2.45, 2.75) is 25.9 Å². The van der Waals surface area contributed by atoms with Gasteiger partial charge in [-0.25, -0.2) is 9.59 Å². The van der Waals surface area contributed by atoms with Gasteiger partial charge in [0.25, 0.3) is 0 Å². The second kappa shape index (κ2) is 6.17. The van der Waals surface area contributed by atoms with Crippen molar-refractivity contribution in [1.82, 2.24) is 18.9 Å². The summed E-state index contributed by atoms with van der Waals surface area (Å²) >= 11 is 0. The van der Waals surface area contributed by atoms with Gasteiger partial charge in [-0.05, 0) is 26.0 Å². The molecule has 0 spiro atoms. The Balaban J connectivity index is 1.81. The predicted molar refractivity (Wildman–Crippen MR) is 95.0 cm³/mol. The molecule has 3 aromatic rings. The lowest BCUT2D eigenvalue weighted by Gasteiger charge is -2.19. The average molecular weight is 357 g/mol. The van der Waals surface area contributed by atoms with Gasteiger partial charge in [0.15, 0.2) is 11.4 Å². The van der Waals surface area contributed by atoms with E-state index in [0.717, 1.165) is 5.52 Å². The Kier molecular flexibility index (Phi) is 4.15. The molecule has 0 aliphatic carbocycles. The second-order valence-electron chi connectivity index (χ2n) is 6.47. The summed E-state index contributed by atoms with van der Waals surface area (Å²) in [5.74, 6) is -1.25. The normalized spacial score (nSPS) is 11.7. The maximum atomic E-state index is 12.3. The van der Waals surface area contributed by atoms with Gasteiger partial charge in [-0.2, -0.15) is 5.10 Å². The summed E-state index contributed by atoms with van der Waals surface area (Å²) in [4.78, 5) is 36.0. The lowest BCUT2D eigenvalue weighted by Crippen LogP contribution is -2.36. The molecule has 136 valence electrons. The smallest absolute Gasteiger partial charge is 0.331 e. The van der Waals surface area contributed by atoms with Crippen LogP contribution in [0.1, 0.15) is 13.8 Å². The number of anilines is 1. The van der Waals surface area contributed by atoms with Crippen LogP contribution in [0, 0.1) is 0 Å². The Morgan fingerprint density at radius 1 is 1.19 bits per heavy atom. The fraction of sp³-hybridized carbons (Fsp3) is 0.294. The van der Waals surface area contributed by atoms with Gasteiger partial charge in [-0.15, -0.1) is 0 Å². The molecule has 1 aromatic carbocycles. The molecular weight excluding hydrogens is 338 g/mol. The van der Waals surface area contributed by atoms with Crippen molar-refractivity contribution in [3.63, 3.8) is 0 Å². The van der Waals surface area contributed by atoms with E-state index in [2.05, 4.69) is 10.4 Å². The van der Waals surface area contributed by atoms with Crippen LogP contribution in [0.3, 0.4) is 0 Å². The van der Waals surface area contributed by atoms with E-state index in [0.29, 0.717) is 5.52 Å². The zero-order chi connectivity index (χ0) is 19.1. The zero-order valence-corrected chi connectivity index (χ0v) is 14.6. The van der Waals surface area contributed by atoms with Crippen molar-refractivity contribution in [3.8, 4) is 0 Å². The number of carboxylic acids is 1. The first-order valence-electron chi connectivity index (χ1n) is 7.95. The first-order chi connectivity index (χ1) is 12.2. The van der Waals surface area contributed by atoms with Crippen LogP contribution in [-0.4, -0.2) is 35.9 Å². The third-order valence-electron chi connectivity index (χ3n) is 4.31. The van der Waals surface area contributed by atoms with Gasteiger partial charge >= 0.3 is 11.7 Å². The molecule has 1 amide bonds. The number of amides is 1. The number of hydrogen-bond donors (Lipinski definition) is 2. The molecule has 0 fully saturated rings. The molecule has 0 atom stereocenters. The lowest BCUT2D eigenvalue weighted by atomic mass is 10.1. The number of carboxylic acid groups (broad SMARTS) is 1. The van der Waals surface area contributed by atoms with E-state index in [1.807, 2.05) is 6.07 Å². The number of aliphatic carboxylic acids is 1. The van der Waals surface area contributed by atoms with Crippen LogP contribution in [-0.2, 0) is 28.7 Å². The van der Waals surface area contributed by atoms with Crippen LogP contribution in [0.15, 0.2) is 41.3 Å². The third-order valence-corrected chi connectivity index (χ3v) is 4.31. The summed E-state index contributed by atoms with van der Waals surface area (Å²) < 4.78 is 4.12. The number of hydrogen-bond acceptors (Lipinski definition) is 4. The topological polar surface area (TPSA) is 111 Å². The molecular formula is C17H19N5O4. The molecule has 0 aliphatic heterocycles. The van der Waals surface area contributed by atoms with E-state index >= 15 is 0 Å². The molecule has 2 heterocycles. The van der Waals surface area contributed by atoms with Gasteiger partial charge < -0.3 is 10.4 Å². The summed E-state index contributed by atoms with van der Waals surface area (Å²) in [5, 5.41) is 15.9. The van der Waals surface area contributed by atoms with E-state index in [9.17, 15) is 19.5 Å². The SMILES string of the molecule is Cn1c(=O)n(CC(=O)Nc2ccn(C(C)(C)C(=O)O)n2)c2ccccc21. The Hall–Kier alpha value is -3.36. The quantitative estimate of drug-likeness (QED) is 0.707. The largest absolute Gasteiger partial charge is 0.479 e. The van der Waals surface area contributed by atoms with Gasteiger partial charge in [0.05, 0.1) is 11.0 Å². The molecule has 0 bridgehead atoms. The molecule has 2 aromatic heterocycles. The Morgan fingerprint density at radius 3 is 2.50 bits per heavy atom. The Morgan fingerprint density at radius 2 is 1.85 bits per heavy atom. The number of nitrogens with one attached hydrogen (secondary N) is 1. The molecule has 0 saturated heterocycles. The van der Waals surface area contributed by atoms with Crippen LogP contribution in [0.5, 0.6) is 0 Å². The van der Waals surface area contributed by atoms with E-state index < -0.39 is 17.4 Å². The highest BCUT2D eigenvalue weighted by atomic mass is 16.4. The molecule has 0 saturated carbocycles. The summed E-state index contributed by atoms with van der Waals surface area (Å²) in [6.07, 6.45) is 1.48. The van der Waals surface area contributed by atoms with Crippen molar-refractivity contribution >= 4 is 28.7 Å². The lowest BCUT2D eigenvalue weighted by molar-refractivity contribution is -0.146. The van der Waals surface area contributed by atoms with Crippen LogP contribution in [0.25, 0.3) is 11.0 Å². The molecule has 0 radical (unpaired) electrons. The average Bonchev–Trinajstić information content (AvgIpc) is 3.15.